The average molecular weight is 1170 g/mol. The van der Waals surface area contributed by atoms with Crippen LogP contribution < -0.4 is 0 Å². The number of benzene rings is 8. The Labute approximate surface area is 432 Å². The van der Waals surface area contributed by atoms with E-state index in [9.17, 15) is 0 Å². The first-order valence-electron chi connectivity index (χ1n) is 22.7. The minimum Gasteiger partial charge on any atom is -0.440 e. The molecule has 0 radical (unpaired) electrons. The SMILES string of the molecule is BrBr.Cc1nc2c(Br)cc3c(c2o1)-c1c(cc(Br)c2nc(C)oc12)C31c2ccccc2-c2ccccc21.Cc1nc2ccc3c(c2o1)-c1c(ccc2nc(C)oc12)C31c2ccccc2-c2ccccc21. The van der Waals surface area contributed by atoms with Crippen LogP contribution in [0.5, 0.6) is 0 Å². The van der Waals surface area contributed by atoms with Crippen LogP contribution in [0.2, 0.25) is 0 Å². The van der Waals surface area contributed by atoms with Gasteiger partial charge >= 0.3 is 0 Å². The van der Waals surface area contributed by atoms with Gasteiger partial charge in [0.15, 0.2) is 45.9 Å². The summed E-state index contributed by atoms with van der Waals surface area (Å²) in [5, 5.41) is 0. The molecule has 12 aromatic rings. The van der Waals surface area contributed by atoms with Crippen molar-refractivity contribution in [2.45, 2.75) is 38.5 Å². The molecule has 0 bridgehead atoms. The lowest BCUT2D eigenvalue weighted by atomic mass is 9.70. The van der Waals surface area contributed by atoms with E-state index in [4.69, 9.17) is 27.6 Å². The average Bonchev–Trinajstić information content (AvgIpc) is 4.26. The van der Waals surface area contributed by atoms with E-state index in [1.165, 1.54) is 55.6 Å². The summed E-state index contributed by atoms with van der Waals surface area (Å²) >= 11 is 13.1. The summed E-state index contributed by atoms with van der Waals surface area (Å²) in [6.45, 7) is 7.58. The molecule has 2 spiro atoms. The summed E-state index contributed by atoms with van der Waals surface area (Å²) in [5.74, 6) is 2.58. The molecule has 338 valence electrons. The van der Waals surface area contributed by atoms with Crippen LogP contribution in [0.15, 0.2) is 160 Å². The van der Waals surface area contributed by atoms with Gasteiger partial charge in [0.05, 0.1) is 10.8 Å². The lowest BCUT2D eigenvalue weighted by Crippen LogP contribution is -2.26. The number of hydrogen-bond donors (Lipinski definition) is 0. The van der Waals surface area contributed by atoms with E-state index in [0.717, 1.165) is 86.7 Å². The molecule has 0 amide bonds. The highest BCUT2D eigenvalue weighted by Gasteiger charge is 2.55. The summed E-state index contributed by atoms with van der Waals surface area (Å²) in [4.78, 5) is 18.7. The van der Waals surface area contributed by atoms with Crippen molar-refractivity contribution in [3.05, 3.63) is 210 Å². The van der Waals surface area contributed by atoms with Crippen molar-refractivity contribution in [2.75, 3.05) is 0 Å². The monoisotopic (exact) mass is 1170 g/mol. The van der Waals surface area contributed by atoms with Crippen LogP contribution >= 0.6 is 60.1 Å². The zero-order valence-electron chi connectivity index (χ0n) is 37.6. The minimum absolute atomic E-state index is 0.443. The summed E-state index contributed by atoms with van der Waals surface area (Å²) in [6, 6.07) is 48.0. The Hall–Kier alpha value is -6.44. The third-order valence-electron chi connectivity index (χ3n) is 14.8. The fourth-order valence-electron chi connectivity index (χ4n) is 12.6. The topological polar surface area (TPSA) is 104 Å². The molecule has 8 aromatic carbocycles. The third kappa shape index (κ3) is 5.24. The molecule has 0 saturated carbocycles. The molecule has 4 aliphatic rings. The number of oxazole rings is 4. The maximum absolute atomic E-state index is 6.30. The van der Waals surface area contributed by atoms with Gasteiger partial charge in [-0.1, -0.05) is 109 Å². The van der Waals surface area contributed by atoms with E-state index in [2.05, 4.69) is 204 Å². The van der Waals surface area contributed by atoms with Crippen molar-refractivity contribution in [3.63, 3.8) is 0 Å². The highest BCUT2D eigenvalue weighted by atomic mass is 80.9. The van der Waals surface area contributed by atoms with E-state index in [1.54, 1.807) is 0 Å². The number of hydrogen-bond acceptors (Lipinski definition) is 8. The number of halogens is 4. The first kappa shape index (κ1) is 42.4. The van der Waals surface area contributed by atoms with Crippen LogP contribution in [0.25, 0.3) is 88.9 Å². The van der Waals surface area contributed by atoms with Gasteiger partial charge in [-0.3, -0.25) is 0 Å². The van der Waals surface area contributed by atoms with Crippen molar-refractivity contribution >= 4 is 105 Å². The normalized spacial score (nSPS) is 14.2. The van der Waals surface area contributed by atoms with Gasteiger partial charge in [0.25, 0.3) is 0 Å². The fraction of sp³-hybridized carbons (Fsp3) is 0.103. The molecular formula is C58H34Br4N4O4. The largest absolute Gasteiger partial charge is 0.440 e. The Morgan fingerprint density at radius 3 is 1.01 bits per heavy atom. The fourth-order valence-corrected chi connectivity index (χ4v) is 13.6. The van der Waals surface area contributed by atoms with E-state index in [-0.39, 0.29) is 0 Å². The lowest BCUT2D eigenvalue weighted by Gasteiger charge is -2.30. The Balaban J connectivity index is 0.000000127. The van der Waals surface area contributed by atoms with Crippen LogP contribution in [0, 0.1) is 27.7 Å². The second-order valence-corrected chi connectivity index (χ2v) is 19.9. The number of rotatable bonds is 0. The van der Waals surface area contributed by atoms with Crippen molar-refractivity contribution < 1.29 is 17.7 Å². The predicted octanol–water partition coefficient (Wildman–Crippen LogP) is 17.1. The van der Waals surface area contributed by atoms with Gasteiger partial charge in [0.2, 0.25) is 0 Å². The van der Waals surface area contributed by atoms with Gasteiger partial charge in [0.1, 0.15) is 22.1 Å². The van der Waals surface area contributed by atoms with E-state index < -0.39 is 10.8 Å². The van der Waals surface area contributed by atoms with Crippen molar-refractivity contribution in [2.24, 2.45) is 0 Å². The Kier molecular flexibility index (Phi) is 9.12. The molecule has 0 N–H and O–H groups in total. The van der Waals surface area contributed by atoms with Crippen molar-refractivity contribution in [1.82, 2.24) is 19.9 Å². The van der Waals surface area contributed by atoms with E-state index in [0.29, 0.717) is 23.6 Å². The Morgan fingerprint density at radius 2 is 0.643 bits per heavy atom. The Bertz CT molecular complexity index is 4000. The quantitative estimate of drug-likeness (QED) is 0.148. The molecule has 0 saturated heterocycles. The van der Waals surface area contributed by atoms with Gasteiger partial charge in [-0.05, 0) is 123 Å². The summed E-state index contributed by atoms with van der Waals surface area (Å²) < 4.78 is 26.9. The van der Waals surface area contributed by atoms with Crippen molar-refractivity contribution in [3.8, 4) is 44.5 Å². The van der Waals surface area contributed by atoms with Crippen molar-refractivity contribution in [1.29, 1.82) is 0 Å². The molecule has 0 fully saturated rings. The summed E-state index contributed by atoms with van der Waals surface area (Å²) in [7, 11) is 0. The van der Waals surface area contributed by atoms with Gasteiger partial charge in [-0.2, -0.15) is 0 Å². The summed E-state index contributed by atoms with van der Waals surface area (Å²) in [6.07, 6.45) is 0. The first-order valence-corrected chi connectivity index (χ1v) is 28.0. The summed E-state index contributed by atoms with van der Waals surface area (Å²) in [5.41, 5.74) is 24.6. The minimum atomic E-state index is -0.521. The number of fused-ring (bicyclic) bond motifs is 28. The number of aromatic nitrogens is 4. The molecule has 8 nitrogen and oxygen atoms in total. The van der Waals surface area contributed by atoms with E-state index in [1.807, 2.05) is 27.7 Å². The van der Waals surface area contributed by atoms with E-state index >= 15 is 0 Å². The van der Waals surface area contributed by atoms with Crippen LogP contribution in [0.4, 0.5) is 0 Å². The van der Waals surface area contributed by atoms with Crippen LogP contribution in [0.3, 0.4) is 0 Å². The molecule has 4 aliphatic carbocycles. The van der Waals surface area contributed by atoms with Gasteiger partial charge in [0, 0.05) is 87.1 Å². The van der Waals surface area contributed by atoms with Gasteiger partial charge < -0.3 is 17.7 Å². The molecule has 4 aromatic heterocycles. The zero-order valence-corrected chi connectivity index (χ0v) is 44.0. The highest BCUT2D eigenvalue weighted by Crippen LogP contribution is 2.67. The lowest BCUT2D eigenvalue weighted by molar-refractivity contribution is 0.558. The van der Waals surface area contributed by atoms with Gasteiger partial charge in [-0.25, -0.2) is 19.9 Å². The molecular weight excluding hydrogens is 1140 g/mol. The molecule has 16 rings (SSSR count). The maximum atomic E-state index is 6.30. The maximum Gasteiger partial charge on any atom is 0.192 e. The van der Waals surface area contributed by atoms with Crippen LogP contribution in [0.1, 0.15) is 68.1 Å². The molecule has 4 heterocycles. The third-order valence-corrected chi connectivity index (χ3v) is 16.0. The zero-order chi connectivity index (χ0) is 47.5. The van der Waals surface area contributed by atoms with Gasteiger partial charge in [-0.15, -0.1) is 0 Å². The standard InChI is InChI=1S/C29H16Br2N2O2.C29H18N2O2.Br2/c1-13-32-25-21(30)11-19-23(27(25)34-13)24-20(12-22(31)26-28(24)35-14(2)33-26)29(19)17-9-5-3-7-15(17)16-8-4-6-10-18(16)29;1-15-30-23-13-11-21-25(27(23)32-15)26-22(12-14-24-28(26)33-16(2)31-24)29(21)19-9-5-3-7-17(19)18-8-4-6-10-20(18)29;1-2/h3-12H,1-2H3;3-14H,1-2H3;. The first-order chi connectivity index (χ1) is 34.2. The molecule has 0 atom stereocenters. The number of nitrogens with zero attached hydrogens (tertiary/aromatic N) is 4. The van der Waals surface area contributed by atoms with Crippen LogP contribution in [-0.2, 0) is 10.8 Å². The molecule has 12 heteroatoms. The molecule has 0 unspecified atom stereocenters. The molecule has 70 heavy (non-hydrogen) atoms. The second kappa shape index (κ2) is 15.0. The second-order valence-electron chi connectivity index (χ2n) is 18.2. The Morgan fingerprint density at radius 1 is 0.343 bits per heavy atom. The van der Waals surface area contributed by atoms with Crippen LogP contribution in [-0.4, -0.2) is 19.9 Å². The number of aryl methyl sites for hydroxylation is 4. The smallest absolute Gasteiger partial charge is 0.192 e. The predicted molar refractivity (Wildman–Crippen MR) is 288 cm³/mol. The molecule has 0 aliphatic heterocycles. The highest BCUT2D eigenvalue weighted by molar-refractivity contribution is 9.93.